The van der Waals surface area contributed by atoms with Gasteiger partial charge < -0.3 is 9.64 Å². The first-order chi connectivity index (χ1) is 14.7. The lowest BCUT2D eigenvalue weighted by molar-refractivity contribution is -0.385. The molecule has 0 radical (unpaired) electrons. The van der Waals surface area contributed by atoms with Crippen LogP contribution in [0.25, 0.3) is 0 Å². The van der Waals surface area contributed by atoms with Crippen molar-refractivity contribution in [1.29, 1.82) is 0 Å². The molecule has 0 N–H and O–H groups in total. The molecule has 1 fully saturated rings. The van der Waals surface area contributed by atoms with Gasteiger partial charge in [0.25, 0.3) is 17.3 Å². The quantitative estimate of drug-likeness (QED) is 0.364. The van der Waals surface area contributed by atoms with Crippen LogP contribution in [-0.4, -0.2) is 45.8 Å². The number of ether oxygens (including phenoxy) is 1. The number of nitro benzene ring substituents is 2. The van der Waals surface area contributed by atoms with Crippen molar-refractivity contribution < 1.29 is 24.2 Å². The maximum absolute atomic E-state index is 12.9. The Morgan fingerprint density at radius 2 is 1.52 bits per heavy atom. The van der Waals surface area contributed by atoms with Gasteiger partial charge in [0.15, 0.2) is 0 Å². The van der Waals surface area contributed by atoms with Gasteiger partial charge in [0.1, 0.15) is 17.2 Å². The summed E-state index contributed by atoms with van der Waals surface area (Å²) >= 11 is 11.7. The topological polar surface area (TPSA) is 133 Å². The van der Waals surface area contributed by atoms with Crippen LogP contribution in [0.5, 0.6) is 0 Å². The number of nitro groups is 2. The minimum atomic E-state index is -0.942. The number of hydrogen-bond donors (Lipinski definition) is 0. The van der Waals surface area contributed by atoms with Crippen molar-refractivity contribution in [3.05, 3.63) is 77.8 Å². The standard InChI is InChI=1S/C19H15Cl2N3O7/c20-11-3-5-16(23(27)28)14(8-11)18(25)22-7-1-2-13(10-22)31-19(26)15-9-12(21)4-6-17(15)24(29)30/h3-6,8-9,13H,1-2,7,10H2. The summed E-state index contributed by atoms with van der Waals surface area (Å²) in [5.41, 5.74) is -1.31. The molecule has 12 heteroatoms. The summed E-state index contributed by atoms with van der Waals surface area (Å²) in [6, 6.07) is 7.21. The number of benzene rings is 2. The van der Waals surface area contributed by atoms with Crippen molar-refractivity contribution in [2.75, 3.05) is 13.1 Å². The van der Waals surface area contributed by atoms with Crippen molar-refractivity contribution in [1.82, 2.24) is 4.90 Å². The lowest BCUT2D eigenvalue weighted by Gasteiger charge is -2.32. The van der Waals surface area contributed by atoms with Crippen molar-refractivity contribution in [3.63, 3.8) is 0 Å². The molecule has 0 aliphatic carbocycles. The number of esters is 1. The van der Waals surface area contributed by atoms with E-state index in [1.165, 1.54) is 23.1 Å². The zero-order valence-electron chi connectivity index (χ0n) is 15.8. The van der Waals surface area contributed by atoms with Crippen LogP contribution in [-0.2, 0) is 4.74 Å². The van der Waals surface area contributed by atoms with Gasteiger partial charge in [-0.05, 0) is 37.1 Å². The second-order valence-electron chi connectivity index (χ2n) is 6.76. The maximum atomic E-state index is 12.9. The molecule has 31 heavy (non-hydrogen) atoms. The van der Waals surface area contributed by atoms with Gasteiger partial charge in [-0.3, -0.25) is 25.0 Å². The summed E-state index contributed by atoms with van der Waals surface area (Å²) in [5, 5.41) is 22.7. The summed E-state index contributed by atoms with van der Waals surface area (Å²) in [4.78, 5) is 47.8. The molecule has 3 rings (SSSR count). The van der Waals surface area contributed by atoms with Crippen LogP contribution >= 0.6 is 23.2 Å². The molecule has 1 aliphatic heterocycles. The van der Waals surface area contributed by atoms with Crippen molar-refractivity contribution >= 4 is 46.5 Å². The average molecular weight is 468 g/mol. The van der Waals surface area contributed by atoms with Gasteiger partial charge in [-0.25, -0.2) is 4.79 Å². The Morgan fingerprint density at radius 1 is 0.968 bits per heavy atom. The average Bonchev–Trinajstić information content (AvgIpc) is 2.72. The van der Waals surface area contributed by atoms with Crippen LogP contribution < -0.4 is 0 Å². The monoisotopic (exact) mass is 467 g/mol. The molecule has 162 valence electrons. The Labute approximate surface area is 185 Å². The zero-order valence-corrected chi connectivity index (χ0v) is 17.3. The molecule has 1 aliphatic rings. The van der Waals surface area contributed by atoms with E-state index in [2.05, 4.69) is 0 Å². The molecule has 1 unspecified atom stereocenters. The van der Waals surface area contributed by atoms with Gasteiger partial charge in [-0.15, -0.1) is 0 Å². The highest BCUT2D eigenvalue weighted by Gasteiger charge is 2.32. The SMILES string of the molecule is O=C(OC1CCCN(C(=O)c2cc(Cl)ccc2[N+](=O)[O-])C1)c1cc(Cl)ccc1[N+](=O)[O-]. The molecule has 2 aromatic carbocycles. The van der Waals surface area contributed by atoms with Crippen LogP contribution in [0.2, 0.25) is 10.0 Å². The molecule has 10 nitrogen and oxygen atoms in total. The van der Waals surface area contributed by atoms with Gasteiger partial charge >= 0.3 is 5.97 Å². The van der Waals surface area contributed by atoms with Crippen molar-refractivity contribution in [2.24, 2.45) is 0 Å². The Hall–Kier alpha value is -3.24. The first-order valence-electron chi connectivity index (χ1n) is 9.05. The van der Waals surface area contributed by atoms with E-state index in [1.54, 1.807) is 0 Å². The van der Waals surface area contributed by atoms with E-state index in [4.69, 9.17) is 27.9 Å². The highest BCUT2D eigenvalue weighted by atomic mass is 35.5. The van der Waals surface area contributed by atoms with E-state index >= 15 is 0 Å². The van der Waals surface area contributed by atoms with Gasteiger partial charge in [-0.1, -0.05) is 23.2 Å². The Bertz CT molecular complexity index is 1080. The lowest BCUT2D eigenvalue weighted by atomic mass is 10.1. The van der Waals surface area contributed by atoms with Crippen LogP contribution in [0.3, 0.4) is 0 Å². The molecule has 1 amide bonds. The fraction of sp³-hybridized carbons (Fsp3) is 0.263. The van der Waals surface area contributed by atoms with Crippen LogP contribution in [0, 0.1) is 20.2 Å². The first kappa shape index (κ1) is 22.4. The van der Waals surface area contributed by atoms with E-state index in [-0.39, 0.29) is 33.4 Å². The number of nitrogens with zero attached hydrogens (tertiary/aromatic N) is 3. The van der Waals surface area contributed by atoms with Gasteiger partial charge in [0, 0.05) is 28.7 Å². The van der Waals surface area contributed by atoms with E-state index < -0.39 is 33.5 Å². The number of hydrogen-bond acceptors (Lipinski definition) is 7. The third-order valence-electron chi connectivity index (χ3n) is 4.70. The number of piperidine rings is 1. The molecule has 1 atom stereocenters. The predicted octanol–water partition coefficient (Wildman–Crippen LogP) is 4.27. The summed E-state index contributed by atoms with van der Waals surface area (Å²) in [7, 11) is 0. The molecule has 0 aromatic heterocycles. The third kappa shape index (κ3) is 5.09. The summed E-state index contributed by atoms with van der Waals surface area (Å²) in [5.74, 6) is -1.56. The Kier molecular flexibility index (Phi) is 6.71. The van der Waals surface area contributed by atoms with Gasteiger partial charge in [-0.2, -0.15) is 0 Å². The predicted molar refractivity (Wildman–Crippen MR) is 111 cm³/mol. The maximum Gasteiger partial charge on any atom is 0.345 e. The minimum Gasteiger partial charge on any atom is -0.457 e. The molecule has 1 saturated heterocycles. The van der Waals surface area contributed by atoms with E-state index in [1.807, 2.05) is 0 Å². The molecular weight excluding hydrogens is 453 g/mol. The molecule has 2 aromatic rings. The second kappa shape index (κ2) is 9.27. The first-order valence-corrected chi connectivity index (χ1v) is 9.81. The number of rotatable bonds is 5. The Balaban J connectivity index is 1.78. The molecule has 0 bridgehead atoms. The molecule has 0 saturated carbocycles. The number of likely N-dealkylation sites (tertiary alicyclic amines) is 1. The zero-order chi connectivity index (χ0) is 22.7. The molecule has 0 spiro atoms. The molecular formula is C19H15Cl2N3O7. The van der Waals surface area contributed by atoms with Crippen LogP contribution in [0.1, 0.15) is 33.6 Å². The number of halogens is 2. The summed E-state index contributed by atoms with van der Waals surface area (Å²) in [6.45, 7) is 0.274. The minimum absolute atomic E-state index is 0.0252. The largest absolute Gasteiger partial charge is 0.457 e. The van der Waals surface area contributed by atoms with Crippen LogP contribution in [0.15, 0.2) is 36.4 Å². The molecule has 1 heterocycles. The normalized spacial score (nSPS) is 15.9. The van der Waals surface area contributed by atoms with Crippen molar-refractivity contribution in [2.45, 2.75) is 18.9 Å². The summed E-state index contributed by atoms with van der Waals surface area (Å²) in [6.07, 6.45) is 0.138. The smallest absolute Gasteiger partial charge is 0.345 e. The van der Waals surface area contributed by atoms with Gasteiger partial charge in [0.05, 0.1) is 16.4 Å². The third-order valence-corrected chi connectivity index (χ3v) is 5.17. The number of carbonyl (C=O) groups excluding carboxylic acids is 2. The fourth-order valence-corrected chi connectivity index (χ4v) is 3.62. The van der Waals surface area contributed by atoms with Gasteiger partial charge in [0.2, 0.25) is 0 Å². The van der Waals surface area contributed by atoms with E-state index in [0.29, 0.717) is 19.4 Å². The van der Waals surface area contributed by atoms with Crippen LogP contribution in [0.4, 0.5) is 11.4 Å². The summed E-state index contributed by atoms with van der Waals surface area (Å²) < 4.78 is 5.39. The van der Waals surface area contributed by atoms with E-state index in [0.717, 1.165) is 18.2 Å². The number of carbonyl (C=O) groups is 2. The Morgan fingerprint density at radius 3 is 2.10 bits per heavy atom. The second-order valence-corrected chi connectivity index (χ2v) is 7.63. The number of amides is 1. The lowest BCUT2D eigenvalue weighted by Crippen LogP contribution is -2.44. The highest BCUT2D eigenvalue weighted by molar-refractivity contribution is 6.31. The van der Waals surface area contributed by atoms with E-state index in [9.17, 15) is 29.8 Å². The fourth-order valence-electron chi connectivity index (χ4n) is 3.27. The highest BCUT2D eigenvalue weighted by Crippen LogP contribution is 2.27. The van der Waals surface area contributed by atoms with Crippen molar-refractivity contribution in [3.8, 4) is 0 Å².